The number of rotatable bonds is 4. The molecule has 1 saturated heterocycles. The van der Waals surface area contributed by atoms with Crippen molar-refractivity contribution in [3.63, 3.8) is 0 Å². The molecule has 0 spiro atoms. The van der Waals surface area contributed by atoms with Gasteiger partial charge in [-0.05, 0) is 25.0 Å². The maximum Gasteiger partial charge on any atom is 0.252 e. The molecule has 1 aromatic carbocycles. The van der Waals surface area contributed by atoms with E-state index >= 15 is 0 Å². The molecular formula is C14H15ClN2O3. The first kappa shape index (κ1) is 13.2. The quantitative estimate of drug-likeness (QED) is 0.864. The Balaban J connectivity index is 1.75. The Morgan fingerprint density at radius 3 is 2.75 bits per heavy atom. The second-order valence-electron chi connectivity index (χ2n) is 5.08. The lowest BCUT2D eigenvalue weighted by atomic mass is 10.2. The third-order valence-corrected chi connectivity index (χ3v) is 3.90. The highest BCUT2D eigenvalue weighted by atomic mass is 35.5. The molecule has 5 nitrogen and oxygen atoms in total. The van der Waals surface area contributed by atoms with E-state index in [2.05, 4.69) is 5.32 Å². The van der Waals surface area contributed by atoms with Crippen molar-refractivity contribution in [1.29, 1.82) is 0 Å². The van der Waals surface area contributed by atoms with Crippen molar-refractivity contribution >= 4 is 29.1 Å². The van der Waals surface area contributed by atoms with Crippen molar-refractivity contribution in [2.75, 3.05) is 12.4 Å². The average Bonchev–Trinajstić information content (AvgIpc) is 3.20. The number of hydrogen-bond donors (Lipinski definition) is 1. The van der Waals surface area contributed by atoms with Gasteiger partial charge in [0.2, 0.25) is 5.91 Å². The zero-order valence-electron chi connectivity index (χ0n) is 11.1. The number of nitrogens with one attached hydrogen (secondary N) is 1. The number of amides is 2. The number of halogens is 1. The highest BCUT2D eigenvalue weighted by Gasteiger charge is 2.46. The topological polar surface area (TPSA) is 58.6 Å². The SMILES string of the molecule is COc1cc(NC2CC(=O)N(C3CC3)C2=O)ccc1Cl. The van der Waals surface area contributed by atoms with Crippen LogP contribution in [0.4, 0.5) is 5.69 Å². The van der Waals surface area contributed by atoms with Crippen LogP contribution in [0, 0.1) is 0 Å². The van der Waals surface area contributed by atoms with Crippen LogP contribution in [0.1, 0.15) is 19.3 Å². The van der Waals surface area contributed by atoms with Crippen LogP contribution in [0.5, 0.6) is 5.75 Å². The van der Waals surface area contributed by atoms with Crippen molar-refractivity contribution in [2.45, 2.75) is 31.3 Å². The normalized spacial score (nSPS) is 22.3. The number of carbonyl (C=O) groups excluding carboxylic acids is 2. The van der Waals surface area contributed by atoms with Crippen molar-refractivity contribution in [1.82, 2.24) is 4.90 Å². The van der Waals surface area contributed by atoms with Crippen molar-refractivity contribution in [3.8, 4) is 5.75 Å². The molecule has 1 aromatic rings. The summed E-state index contributed by atoms with van der Waals surface area (Å²) in [5, 5.41) is 3.59. The molecule has 1 heterocycles. The number of imide groups is 1. The molecule has 3 rings (SSSR count). The summed E-state index contributed by atoms with van der Waals surface area (Å²) in [4.78, 5) is 25.5. The molecule has 106 valence electrons. The van der Waals surface area contributed by atoms with Crippen molar-refractivity contribution in [2.24, 2.45) is 0 Å². The number of likely N-dealkylation sites (tertiary alicyclic amines) is 1. The molecule has 0 aromatic heterocycles. The predicted octanol–water partition coefficient (Wildman–Crippen LogP) is 2.05. The molecule has 1 aliphatic carbocycles. The minimum absolute atomic E-state index is 0.0871. The van der Waals surface area contributed by atoms with Gasteiger partial charge in [-0.15, -0.1) is 0 Å². The molecule has 2 amide bonds. The molecule has 0 bridgehead atoms. The monoisotopic (exact) mass is 294 g/mol. The number of anilines is 1. The van der Waals surface area contributed by atoms with Crippen LogP contribution in [-0.4, -0.2) is 35.9 Å². The summed E-state index contributed by atoms with van der Waals surface area (Å²) in [5.74, 6) is 0.315. The van der Waals surface area contributed by atoms with Gasteiger partial charge in [-0.1, -0.05) is 11.6 Å². The smallest absolute Gasteiger partial charge is 0.252 e. The van der Waals surface area contributed by atoms with Gasteiger partial charge in [0.15, 0.2) is 0 Å². The van der Waals surface area contributed by atoms with E-state index in [0.717, 1.165) is 18.5 Å². The summed E-state index contributed by atoms with van der Waals surface area (Å²) in [5.41, 5.74) is 0.718. The Hall–Kier alpha value is -1.75. The minimum atomic E-state index is -0.492. The lowest BCUT2D eigenvalue weighted by Crippen LogP contribution is -2.36. The third kappa shape index (κ3) is 2.33. The fraction of sp³-hybridized carbons (Fsp3) is 0.429. The second kappa shape index (κ2) is 4.98. The molecule has 1 saturated carbocycles. The van der Waals surface area contributed by atoms with Crippen molar-refractivity contribution in [3.05, 3.63) is 23.2 Å². The average molecular weight is 295 g/mol. The first-order chi connectivity index (χ1) is 9.60. The maximum absolute atomic E-state index is 12.2. The van der Waals surface area contributed by atoms with Gasteiger partial charge in [-0.3, -0.25) is 14.5 Å². The van der Waals surface area contributed by atoms with Gasteiger partial charge in [0, 0.05) is 17.8 Å². The Morgan fingerprint density at radius 1 is 1.35 bits per heavy atom. The molecule has 6 heteroatoms. The van der Waals surface area contributed by atoms with Crippen LogP contribution in [0.15, 0.2) is 18.2 Å². The molecule has 1 atom stereocenters. The zero-order valence-corrected chi connectivity index (χ0v) is 11.8. The van der Waals surface area contributed by atoms with Crippen LogP contribution in [0.25, 0.3) is 0 Å². The zero-order chi connectivity index (χ0) is 14.3. The fourth-order valence-electron chi connectivity index (χ4n) is 2.43. The lowest BCUT2D eigenvalue weighted by Gasteiger charge is -2.15. The summed E-state index contributed by atoms with van der Waals surface area (Å²) < 4.78 is 5.13. The van der Waals surface area contributed by atoms with Crippen LogP contribution in [0.3, 0.4) is 0 Å². The number of ether oxygens (including phenoxy) is 1. The standard InChI is InChI=1S/C14H15ClN2O3/c1-20-12-6-8(2-5-10(12)15)16-11-7-13(18)17(14(11)19)9-3-4-9/h2,5-6,9,11,16H,3-4,7H2,1H3. The Morgan fingerprint density at radius 2 is 2.10 bits per heavy atom. The lowest BCUT2D eigenvalue weighted by molar-refractivity contribution is -0.139. The molecule has 2 fully saturated rings. The first-order valence-electron chi connectivity index (χ1n) is 6.56. The number of benzene rings is 1. The third-order valence-electron chi connectivity index (χ3n) is 3.59. The molecule has 20 heavy (non-hydrogen) atoms. The second-order valence-corrected chi connectivity index (χ2v) is 5.49. The minimum Gasteiger partial charge on any atom is -0.495 e. The Labute approximate surface area is 121 Å². The number of hydrogen-bond acceptors (Lipinski definition) is 4. The van der Waals surface area contributed by atoms with Gasteiger partial charge in [0.25, 0.3) is 5.91 Å². The fourth-order valence-corrected chi connectivity index (χ4v) is 2.63. The van der Waals surface area contributed by atoms with Crippen LogP contribution >= 0.6 is 11.6 Å². The molecule has 1 aliphatic heterocycles. The van der Waals surface area contributed by atoms with Gasteiger partial charge >= 0.3 is 0 Å². The van der Waals surface area contributed by atoms with Gasteiger partial charge in [-0.25, -0.2) is 0 Å². The van der Waals surface area contributed by atoms with Crippen LogP contribution in [-0.2, 0) is 9.59 Å². The van der Waals surface area contributed by atoms with E-state index in [1.807, 2.05) is 0 Å². The maximum atomic E-state index is 12.2. The summed E-state index contributed by atoms with van der Waals surface area (Å²) in [6.45, 7) is 0. The molecule has 1 unspecified atom stereocenters. The summed E-state index contributed by atoms with van der Waals surface area (Å²) in [6, 6.07) is 4.82. The van der Waals surface area contributed by atoms with Gasteiger partial charge < -0.3 is 10.1 Å². The summed E-state index contributed by atoms with van der Waals surface area (Å²) >= 11 is 5.96. The van der Waals surface area contributed by atoms with Crippen molar-refractivity contribution < 1.29 is 14.3 Å². The van der Waals surface area contributed by atoms with E-state index in [1.54, 1.807) is 18.2 Å². The summed E-state index contributed by atoms with van der Waals surface area (Å²) in [6.07, 6.45) is 2.07. The molecule has 2 aliphatic rings. The number of nitrogens with zero attached hydrogens (tertiary/aromatic N) is 1. The van der Waals surface area contributed by atoms with E-state index in [9.17, 15) is 9.59 Å². The number of carbonyl (C=O) groups is 2. The number of methoxy groups -OCH3 is 1. The Kier molecular flexibility index (Phi) is 3.30. The molecule has 0 radical (unpaired) electrons. The highest BCUT2D eigenvalue weighted by Crippen LogP contribution is 2.33. The van der Waals surface area contributed by atoms with E-state index in [0.29, 0.717) is 10.8 Å². The predicted molar refractivity (Wildman–Crippen MR) is 74.9 cm³/mol. The van der Waals surface area contributed by atoms with Crippen LogP contribution < -0.4 is 10.1 Å². The summed E-state index contributed by atoms with van der Waals surface area (Å²) in [7, 11) is 1.53. The van der Waals surface area contributed by atoms with Gasteiger partial charge in [0.05, 0.1) is 18.6 Å². The van der Waals surface area contributed by atoms with E-state index in [4.69, 9.17) is 16.3 Å². The van der Waals surface area contributed by atoms with E-state index in [-0.39, 0.29) is 24.3 Å². The van der Waals surface area contributed by atoms with Gasteiger partial charge in [0.1, 0.15) is 11.8 Å². The highest BCUT2D eigenvalue weighted by molar-refractivity contribution is 6.32. The van der Waals surface area contributed by atoms with E-state index in [1.165, 1.54) is 12.0 Å². The van der Waals surface area contributed by atoms with E-state index < -0.39 is 6.04 Å². The first-order valence-corrected chi connectivity index (χ1v) is 6.94. The molecule has 1 N–H and O–H groups in total. The van der Waals surface area contributed by atoms with Crippen LogP contribution in [0.2, 0.25) is 5.02 Å². The molecular weight excluding hydrogens is 280 g/mol. The largest absolute Gasteiger partial charge is 0.495 e. The Bertz CT molecular complexity index is 572. The van der Waals surface area contributed by atoms with Gasteiger partial charge in [-0.2, -0.15) is 0 Å².